The standard InChI is InChI=1S/C23H28F2N8/c1-4-6-7-20-26-22(23(24,25)14-5-2)29-32(20)15-17-9-11-18(12-10-17)33-16(3)8-13-19(33)21-27-30-31-28-21/h8-13H,4-7,14-15H2,1-3H3,(H,27,28,30,31). The van der Waals surface area contributed by atoms with Crippen LogP contribution in [0.3, 0.4) is 0 Å². The Morgan fingerprint density at radius 2 is 1.82 bits per heavy atom. The summed E-state index contributed by atoms with van der Waals surface area (Å²) in [5.74, 6) is -2.20. The van der Waals surface area contributed by atoms with Crippen LogP contribution in [0.25, 0.3) is 17.2 Å². The minimum Gasteiger partial charge on any atom is -0.311 e. The van der Waals surface area contributed by atoms with Crippen molar-refractivity contribution in [3.63, 3.8) is 0 Å². The average Bonchev–Trinajstić information content (AvgIpc) is 3.53. The second-order valence-corrected chi connectivity index (χ2v) is 8.18. The lowest BCUT2D eigenvalue weighted by atomic mass is 10.2. The summed E-state index contributed by atoms with van der Waals surface area (Å²) in [4.78, 5) is 4.22. The van der Waals surface area contributed by atoms with Crippen molar-refractivity contribution >= 4 is 0 Å². The molecular weight excluding hydrogens is 426 g/mol. The zero-order valence-electron chi connectivity index (χ0n) is 19.1. The number of alkyl halides is 2. The largest absolute Gasteiger partial charge is 0.311 e. The van der Waals surface area contributed by atoms with E-state index in [0.29, 0.717) is 31.0 Å². The van der Waals surface area contributed by atoms with Crippen LogP contribution in [0.15, 0.2) is 36.4 Å². The minimum absolute atomic E-state index is 0.252. The summed E-state index contributed by atoms with van der Waals surface area (Å²) in [6.07, 6.45) is 2.58. The molecular formula is C23H28F2N8. The molecule has 0 unspecified atom stereocenters. The molecule has 3 aromatic heterocycles. The van der Waals surface area contributed by atoms with Gasteiger partial charge in [0.2, 0.25) is 5.82 Å². The van der Waals surface area contributed by atoms with Gasteiger partial charge in [-0.1, -0.05) is 32.4 Å². The zero-order chi connectivity index (χ0) is 23.4. The Balaban J connectivity index is 1.60. The number of aryl methyl sites for hydroxylation is 2. The van der Waals surface area contributed by atoms with E-state index < -0.39 is 5.92 Å². The third-order valence-corrected chi connectivity index (χ3v) is 5.58. The van der Waals surface area contributed by atoms with Crippen LogP contribution in [0.5, 0.6) is 0 Å². The molecule has 0 spiro atoms. The topological polar surface area (TPSA) is 90.1 Å². The average molecular weight is 455 g/mol. The number of hydrogen-bond acceptors (Lipinski definition) is 5. The van der Waals surface area contributed by atoms with Gasteiger partial charge in [0.25, 0.3) is 0 Å². The van der Waals surface area contributed by atoms with Gasteiger partial charge in [0, 0.05) is 24.2 Å². The molecule has 174 valence electrons. The predicted molar refractivity (Wildman–Crippen MR) is 120 cm³/mol. The van der Waals surface area contributed by atoms with Gasteiger partial charge < -0.3 is 4.57 Å². The zero-order valence-corrected chi connectivity index (χ0v) is 19.1. The first-order valence-electron chi connectivity index (χ1n) is 11.3. The summed E-state index contributed by atoms with van der Waals surface area (Å²) in [6, 6.07) is 11.9. The molecule has 4 aromatic rings. The van der Waals surface area contributed by atoms with E-state index in [-0.39, 0.29) is 12.2 Å². The van der Waals surface area contributed by atoms with E-state index >= 15 is 0 Å². The van der Waals surface area contributed by atoms with E-state index in [0.717, 1.165) is 35.5 Å². The van der Waals surface area contributed by atoms with Crippen LogP contribution in [0.2, 0.25) is 0 Å². The number of unbranched alkanes of at least 4 members (excludes halogenated alkanes) is 1. The van der Waals surface area contributed by atoms with E-state index in [4.69, 9.17) is 0 Å². The SMILES string of the molecule is CCCCc1nc(C(F)(F)CCC)nn1Cc1ccc(-n2c(C)ccc2-c2nnn[nH]2)cc1. The highest BCUT2D eigenvalue weighted by Gasteiger charge is 2.36. The van der Waals surface area contributed by atoms with E-state index in [1.165, 1.54) is 0 Å². The Hall–Kier alpha value is -3.43. The molecule has 33 heavy (non-hydrogen) atoms. The predicted octanol–water partition coefficient (Wildman–Crippen LogP) is 4.84. The molecule has 0 aliphatic heterocycles. The summed E-state index contributed by atoms with van der Waals surface area (Å²) in [5, 5.41) is 18.3. The van der Waals surface area contributed by atoms with Gasteiger partial charge in [0.1, 0.15) is 5.82 Å². The Bertz CT molecular complexity index is 1180. The molecule has 3 heterocycles. The molecule has 0 saturated heterocycles. The van der Waals surface area contributed by atoms with Crippen molar-refractivity contribution in [1.29, 1.82) is 0 Å². The quantitative estimate of drug-likeness (QED) is 0.370. The minimum atomic E-state index is -3.01. The molecule has 4 rings (SSSR count). The van der Waals surface area contributed by atoms with E-state index in [2.05, 4.69) is 42.2 Å². The fourth-order valence-corrected chi connectivity index (χ4v) is 3.86. The molecule has 0 bridgehead atoms. The monoisotopic (exact) mass is 454 g/mol. The number of aromatic amines is 1. The first kappa shape index (κ1) is 22.8. The number of H-pyrrole nitrogens is 1. The number of hydrogen-bond donors (Lipinski definition) is 1. The number of nitrogens with one attached hydrogen (secondary N) is 1. The molecule has 0 atom stereocenters. The molecule has 0 aliphatic carbocycles. The Kier molecular flexibility index (Phi) is 6.62. The lowest BCUT2D eigenvalue weighted by Gasteiger charge is -2.12. The Labute approximate surface area is 191 Å². The van der Waals surface area contributed by atoms with Crippen molar-refractivity contribution in [1.82, 2.24) is 40.0 Å². The Morgan fingerprint density at radius 1 is 1.03 bits per heavy atom. The van der Waals surface area contributed by atoms with Gasteiger partial charge in [-0.15, -0.1) is 10.2 Å². The van der Waals surface area contributed by atoms with Crippen molar-refractivity contribution in [2.75, 3.05) is 0 Å². The summed E-state index contributed by atoms with van der Waals surface area (Å²) >= 11 is 0. The normalized spacial score (nSPS) is 11.9. The van der Waals surface area contributed by atoms with Crippen LogP contribution < -0.4 is 0 Å². The van der Waals surface area contributed by atoms with E-state index in [9.17, 15) is 8.78 Å². The van der Waals surface area contributed by atoms with Gasteiger partial charge in [0.15, 0.2) is 5.82 Å². The van der Waals surface area contributed by atoms with Crippen molar-refractivity contribution in [3.8, 4) is 17.2 Å². The van der Waals surface area contributed by atoms with Gasteiger partial charge >= 0.3 is 5.92 Å². The van der Waals surface area contributed by atoms with Crippen LogP contribution in [0, 0.1) is 6.92 Å². The molecule has 1 aromatic carbocycles. The smallest absolute Gasteiger partial charge is 0.308 e. The van der Waals surface area contributed by atoms with Crippen LogP contribution >= 0.6 is 0 Å². The second-order valence-electron chi connectivity index (χ2n) is 8.18. The fraction of sp³-hybridized carbons (Fsp3) is 0.435. The first-order valence-corrected chi connectivity index (χ1v) is 11.3. The molecule has 0 radical (unpaired) electrons. The van der Waals surface area contributed by atoms with Gasteiger partial charge in [-0.05, 0) is 60.0 Å². The lowest BCUT2D eigenvalue weighted by molar-refractivity contribution is -0.0232. The highest BCUT2D eigenvalue weighted by molar-refractivity contribution is 5.56. The van der Waals surface area contributed by atoms with Crippen molar-refractivity contribution in [2.45, 2.75) is 65.3 Å². The van der Waals surface area contributed by atoms with Gasteiger partial charge in [-0.3, -0.25) is 0 Å². The first-order chi connectivity index (χ1) is 15.9. The van der Waals surface area contributed by atoms with Gasteiger partial charge in [0.05, 0.1) is 12.2 Å². The molecule has 10 heteroatoms. The van der Waals surface area contributed by atoms with Crippen molar-refractivity contribution in [3.05, 3.63) is 59.3 Å². The molecule has 0 amide bonds. The Morgan fingerprint density at radius 3 is 2.48 bits per heavy atom. The van der Waals surface area contributed by atoms with Crippen LogP contribution in [-0.4, -0.2) is 40.0 Å². The number of aromatic nitrogens is 8. The van der Waals surface area contributed by atoms with Gasteiger partial charge in [-0.25, -0.2) is 14.8 Å². The fourth-order valence-electron chi connectivity index (χ4n) is 3.86. The maximum atomic E-state index is 14.5. The number of nitrogens with zero attached hydrogens (tertiary/aromatic N) is 7. The maximum Gasteiger partial charge on any atom is 0.308 e. The number of tetrazole rings is 1. The third-order valence-electron chi connectivity index (χ3n) is 5.58. The van der Waals surface area contributed by atoms with E-state index in [1.54, 1.807) is 11.6 Å². The maximum absolute atomic E-state index is 14.5. The molecule has 8 nitrogen and oxygen atoms in total. The highest BCUT2D eigenvalue weighted by atomic mass is 19.3. The van der Waals surface area contributed by atoms with Crippen LogP contribution in [-0.2, 0) is 18.9 Å². The number of benzene rings is 1. The van der Waals surface area contributed by atoms with Gasteiger partial charge in [-0.2, -0.15) is 8.78 Å². The highest BCUT2D eigenvalue weighted by Crippen LogP contribution is 2.31. The number of rotatable bonds is 10. The number of halogens is 2. The third kappa shape index (κ3) is 4.84. The lowest BCUT2D eigenvalue weighted by Crippen LogP contribution is -2.15. The molecule has 0 fully saturated rings. The molecule has 0 saturated carbocycles. The second kappa shape index (κ2) is 9.60. The van der Waals surface area contributed by atoms with Crippen molar-refractivity contribution in [2.24, 2.45) is 0 Å². The summed E-state index contributed by atoms with van der Waals surface area (Å²) in [7, 11) is 0. The van der Waals surface area contributed by atoms with E-state index in [1.807, 2.05) is 43.3 Å². The van der Waals surface area contributed by atoms with Crippen molar-refractivity contribution < 1.29 is 8.78 Å². The summed E-state index contributed by atoms with van der Waals surface area (Å²) < 4.78 is 32.6. The summed E-state index contributed by atoms with van der Waals surface area (Å²) in [5.41, 5.74) is 3.80. The molecule has 0 aliphatic rings. The summed E-state index contributed by atoms with van der Waals surface area (Å²) in [6.45, 7) is 6.20. The van der Waals surface area contributed by atoms with Crippen LogP contribution in [0.1, 0.15) is 62.4 Å². The molecule has 1 N–H and O–H groups in total. The van der Waals surface area contributed by atoms with Crippen LogP contribution in [0.4, 0.5) is 8.78 Å².